The van der Waals surface area contributed by atoms with E-state index >= 15 is 0 Å². The van der Waals surface area contributed by atoms with Gasteiger partial charge in [-0.3, -0.25) is 0 Å². The Kier molecular flexibility index (Phi) is 6.37. The fraction of sp³-hybridized carbons (Fsp3) is 0.524. The summed E-state index contributed by atoms with van der Waals surface area (Å²) >= 11 is 5.93. The molecular formula is C21H29ClOSi. The molecule has 1 aliphatic rings. The Morgan fingerprint density at radius 1 is 1.29 bits per heavy atom. The van der Waals surface area contributed by atoms with Crippen LogP contribution in [-0.4, -0.2) is 13.9 Å². The van der Waals surface area contributed by atoms with Crippen molar-refractivity contribution in [2.75, 3.05) is 0 Å². The lowest BCUT2D eigenvalue weighted by molar-refractivity contribution is 0.00427. The van der Waals surface area contributed by atoms with Crippen molar-refractivity contribution in [1.82, 2.24) is 0 Å². The van der Waals surface area contributed by atoms with Crippen molar-refractivity contribution in [2.45, 2.75) is 64.3 Å². The maximum Gasteiger partial charge on any atom is 0.184 e. The normalized spacial score (nSPS) is 24.1. The Balaban J connectivity index is 2.19. The maximum atomic E-state index is 6.71. The minimum atomic E-state index is -1.65. The molecule has 0 aliphatic heterocycles. The standard InChI is InChI=1S/C21H29ClOSi/c1-17(2)21(23-24(3,4)5)16-7-6-10-19(21)11-8-9-18-12-14-20(22)15-13-18/h12-15,19H,1,6-7,10-11,16H2,2-5H3/t19-,21+/m1/s1. The number of hydrogen-bond acceptors (Lipinski definition) is 1. The second-order valence-electron chi connectivity index (χ2n) is 7.84. The Labute approximate surface area is 153 Å². The van der Waals surface area contributed by atoms with E-state index in [9.17, 15) is 0 Å². The zero-order valence-electron chi connectivity index (χ0n) is 15.4. The van der Waals surface area contributed by atoms with Crippen molar-refractivity contribution >= 4 is 19.9 Å². The first kappa shape index (κ1) is 19.3. The van der Waals surface area contributed by atoms with E-state index in [2.05, 4.69) is 45.0 Å². The van der Waals surface area contributed by atoms with Crippen molar-refractivity contribution in [1.29, 1.82) is 0 Å². The molecule has 0 unspecified atom stereocenters. The number of rotatable bonds is 4. The van der Waals surface area contributed by atoms with Crippen LogP contribution in [-0.2, 0) is 4.43 Å². The number of benzene rings is 1. The highest BCUT2D eigenvalue weighted by molar-refractivity contribution is 6.69. The van der Waals surface area contributed by atoms with Crippen LogP contribution in [0.1, 0.15) is 44.6 Å². The van der Waals surface area contributed by atoms with Crippen LogP contribution < -0.4 is 0 Å². The van der Waals surface area contributed by atoms with Crippen LogP contribution in [0.15, 0.2) is 36.4 Å². The second kappa shape index (κ2) is 7.91. The molecule has 0 amide bonds. The number of halogens is 1. The monoisotopic (exact) mass is 360 g/mol. The molecule has 1 aromatic rings. The van der Waals surface area contributed by atoms with E-state index < -0.39 is 8.32 Å². The summed E-state index contributed by atoms with van der Waals surface area (Å²) in [4.78, 5) is 0. The zero-order valence-corrected chi connectivity index (χ0v) is 17.2. The van der Waals surface area contributed by atoms with Gasteiger partial charge in [-0.15, -0.1) is 0 Å². The van der Waals surface area contributed by atoms with Crippen LogP contribution >= 0.6 is 11.6 Å². The predicted octanol–water partition coefficient (Wildman–Crippen LogP) is 6.44. The lowest BCUT2D eigenvalue weighted by Crippen LogP contribution is -2.50. The smallest absolute Gasteiger partial charge is 0.184 e. The van der Waals surface area contributed by atoms with Gasteiger partial charge in [0.15, 0.2) is 8.32 Å². The van der Waals surface area contributed by atoms with E-state index in [1.165, 1.54) is 24.8 Å². The molecule has 0 aromatic heterocycles. The van der Waals surface area contributed by atoms with Crippen molar-refractivity contribution in [3.05, 3.63) is 47.0 Å². The van der Waals surface area contributed by atoms with Gasteiger partial charge in [-0.2, -0.15) is 0 Å². The molecule has 0 bridgehead atoms. The quantitative estimate of drug-likeness (QED) is 0.341. The summed E-state index contributed by atoms with van der Waals surface area (Å²) < 4.78 is 6.71. The van der Waals surface area contributed by atoms with Gasteiger partial charge in [0.25, 0.3) is 0 Å². The van der Waals surface area contributed by atoms with Crippen LogP contribution in [0.2, 0.25) is 24.7 Å². The van der Waals surface area contributed by atoms with E-state index in [1.807, 2.05) is 24.3 Å². The van der Waals surface area contributed by atoms with Gasteiger partial charge in [-0.05, 0) is 69.2 Å². The zero-order chi connectivity index (χ0) is 17.8. The highest BCUT2D eigenvalue weighted by atomic mass is 35.5. The van der Waals surface area contributed by atoms with Gasteiger partial charge in [0.1, 0.15) is 0 Å². The Morgan fingerprint density at radius 3 is 2.54 bits per heavy atom. The largest absolute Gasteiger partial charge is 0.408 e. The van der Waals surface area contributed by atoms with Gasteiger partial charge in [-0.1, -0.05) is 42.9 Å². The molecule has 2 rings (SSSR count). The molecule has 0 saturated heterocycles. The fourth-order valence-electron chi connectivity index (χ4n) is 3.62. The molecule has 0 radical (unpaired) electrons. The summed E-state index contributed by atoms with van der Waals surface area (Å²) in [7, 11) is -1.65. The second-order valence-corrected chi connectivity index (χ2v) is 12.7. The minimum absolute atomic E-state index is 0.183. The lowest BCUT2D eigenvalue weighted by Gasteiger charge is -2.48. The van der Waals surface area contributed by atoms with Gasteiger partial charge in [0.05, 0.1) is 5.60 Å². The Morgan fingerprint density at radius 2 is 1.96 bits per heavy atom. The summed E-state index contributed by atoms with van der Waals surface area (Å²) in [6.45, 7) is 13.2. The lowest BCUT2D eigenvalue weighted by atomic mass is 9.70. The summed E-state index contributed by atoms with van der Waals surface area (Å²) in [6, 6.07) is 7.72. The van der Waals surface area contributed by atoms with Crippen LogP contribution in [0.25, 0.3) is 0 Å². The average molecular weight is 361 g/mol. The van der Waals surface area contributed by atoms with E-state index in [0.29, 0.717) is 5.92 Å². The third-order valence-electron chi connectivity index (χ3n) is 4.65. The van der Waals surface area contributed by atoms with Gasteiger partial charge in [0.2, 0.25) is 0 Å². The Bertz CT molecular complexity index is 633. The summed E-state index contributed by atoms with van der Waals surface area (Å²) in [6.07, 6.45) is 5.60. The van der Waals surface area contributed by atoms with Crippen molar-refractivity contribution in [2.24, 2.45) is 5.92 Å². The third-order valence-corrected chi connectivity index (χ3v) is 5.87. The van der Waals surface area contributed by atoms with Crippen LogP contribution in [0.5, 0.6) is 0 Å². The summed E-state index contributed by atoms with van der Waals surface area (Å²) in [5.41, 5.74) is 2.00. The SMILES string of the molecule is C=C(C)[C@@]1(O[Si](C)(C)C)CCCC[C@@H]1CC#Cc1ccc(Cl)cc1. The minimum Gasteiger partial charge on any atom is -0.408 e. The molecule has 1 fully saturated rings. The van der Waals surface area contributed by atoms with E-state index in [-0.39, 0.29) is 5.60 Å². The van der Waals surface area contributed by atoms with Crippen LogP contribution in [0.3, 0.4) is 0 Å². The predicted molar refractivity (Wildman–Crippen MR) is 107 cm³/mol. The number of hydrogen-bond donors (Lipinski definition) is 0. The Hall–Kier alpha value is -1.01. The first-order valence-corrected chi connectivity index (χ1v) is 12.6. The molecular weight excluding hydrogens is 332 g/mol. The summed E-state index contributed by atoms with van der Waals surface area (Å²) in [5, 5.41) is 0.748. The first-order chi connectivity index (χ1) is 11.2. The van der Waals surface area contributed by atoms with Crippen molar-refractivity contribution < 1.29 is 4.43 Å². The van der Waals surface area contributed by atoms with E-state index in [0.717, 1.165) is 23.4 Å². The molecule has 0 heterocycles. The molecule has 0 N–H and O–H groups in total. The molecule has 1 saturated carbocycles. The molecule has 130 valence electrons. The van der Waals surface area contributed by atoms with Crippen molar-refractivity contribution in [3.63, 3.8) is 0 Å². The highest BCUT2D eigenvalue weighted by Crippen LogP contribution is 2.44. The summed E-state index contributed by atoms with van der Waals surface area (Å²) in [5.74, 6) is 7.10. The van der Waals surface area contributed by atoms with Gasteiger partial charge in [-0.25, -0.2) is 0 Å². The van der Waals surface area contributed by atoms with Crippen LogP contribution in [0.4, 0.5) is 0 Å². The topological polar surface area (TPSA) is 9.23 Å². The molecule has 0 spiro atoms. The maximum absolute atomic E-state index is 6.71. The van der Waals surface area contributed by atoms with E-state index in [1.54, 1.807) is 0 Å². The third kappa shape index (κ3) is 4.99. The van der Waals surface area contributed by atoms with Gasteiger partial charge in [0, 0.05) is 22.9 Å². The molecule has 2 atom stereocenters. The highest BCUT2D eigenvalue weighted by Gasteiger charge is 2.44. The van der Waals surface area contributed by atoms with Crippen molar-refractivity contribution in [3.8, 4) is 11.8 Å². The van der Waals surface area contributed by atoms with Gasteiger partial charge >= 0.3 is 0 Å². The molecule has 1 nitrogen and oxygen atoms in total. The van der Waals surface area contributed by atoms with Crippen LogP contribution in [0, 0.1) is 17.8 Å². The first-order valence-electron chi connectivity index (χ1n) is 8.83. The molecule has 1 aliphatic carbocycles. The molecule has 1 aromatic carbocycles. The fourth-order valence-corrected chi connectivity index (χ4v) is 5.28. The average Bonchev–Trinajstić information content (AvgIpc) is 2.49. The molecule has 24 heavy (non-hydrogen) atoms. The molecule has 3 heteroatoms. The van der Waals surface area contributed by atoms with Gasteiger partial charge < -0.3 is 4.43 Å². The van der Waals surface area contributed by atoms with E-state index in [4.69, 9.17) is 16.0 Å².